The molecule has 0 saturated carbocycles. The second-order valence-electron chi connectivity index (χ2n) is 4.92. The highest BCUT2D eigenvalue weighted by molar-refractivity contribution is 5.92. The number of halogens is 3. The summed E-state index contributed by atoms with van der Waals surface area (Å²) in [4.78, 5) is 11.6. The molecule has 3 rings (SSSR count). The molecule has 0 saturated heterocycles. The number of hydrogen-bond donors (Lipinski definition) is 1. The van der Waals surface area contributed by atoms with Crippen LogP contribution in [-0.2, 0) is 6.18 Å². The van der Waals surface area contributed by atoms with Gasteiger partial charge in [-0.2, -0.15) is 18.3 Å². The van der Waals surface area contributed by atoms with E-state index in [0.29, 0.717) is 0 Å². The smallest absolute Gasteiger partial charge is 0.417 e. The normalized spacial score (nSPS) is 11.8. The molecule has 2 heterocycles. The molecule has 0 aliphatic heterocycles. The molecule has 0 atom stereocenters. The monoisotopic (exact) mass is 348 g/mol. The fourth-order valence-corrected chi connectivity index (χ4v) is 2.13. The number of carbonyl (C=O) groups excluding carboxylic acids is 1. The van der Waals surface area contributed by atoms with Crippen molar-refractivity contribution in [3.63, 3.8) is 0 Å². The van der Waals surface area contributed by atoms with Gasteiger partial charge in [0.2, 0.25) is 0 Å². The fraction of sp³-hybridized carbons (Fsp3) is 0.0588. The van der Waals surface area contributed by atoms with Gasteiger partial charge in [-0.3, -0.25) is 4.79 Å². The number of alkyl halides is 3. The molecule has 8 heteroatoms. The van der Waals surface area contributed by atoms with Gasteiger partial charge in [0, 0.05) is 5.56 Å². The molecule has 1 amide bonds. The number of hydrogen-bond acceptors (Lipinski definition) is 4. The van der Waals surface area contributed by atoms with Crippen molar-refractivity contribution in [1.82, 2.24) is 5.43 Å². The summed E-state index contributed by atoms with van der Waals surface area (Å²) in [5.41, 5.74) is 1.35. The van der Waals surface area contributed by atoms with Gasteiger partial charge in [-0.25, -0.2) is 5.43 Å². The van der Waals surface area contributed by atoms with E-state index in [4.69, 9.17) is 8.83 Å². The first kappa shape index (κ1) is 16.6. The number of carbonyl (C=O) groups is 1. The Morgan fingerprint density at radius 3 is 2.60 bits per heavy atom. The Balaban J connectivity index is 1.75. The van der Waals surface area contributed by atoms with Gasteiger partial charge in [0.15, 0.2) is 5.76 Å². The SMILES string of the molecule is O=C(N/N=C/c1ccc(-c2ccccc2C(F)(F)F)o1)c1ccco1. The summed E-state index contributed by atoms with van der Waals surface area (Å²) in [7, 11) is 0. The van der Waals surface area contributed by atoms with Crippen LogP contribution in [-0.4, -0.2) is 12.1 Å². The van der Waals surface area contributed by atoms with Gasteiger partial charge in [0.25, 0.3) is 0 Å². The topological polar surface area (TPSA) is 67.7 Å². The lowest BCUT2D eigenvalue weighted by atomic mass is 10.1. The number of hydrazone groups is 1. The number of rotatable bonds is 4. The van der Waals surface area contributed by atoms with Crippen LogP contribution in [0.4, 0.5) is 13.2 Å². The van der Waals surface area contributed by atoms with Gasteiger partial charge in [0.1, 0.15) is 11.5 Å². The van der Waals surface area contributed by atoms with Crippen LogP contribution in [0, 0.1) is 0 Å². The summed E-state index contributed by atoms with van der Waals surface area (Å²) >= 11 is 0. The van der Waals surface area contributed by atoms with E-state index < -0.39 is 17.6 Å². The van der Waals surface area contributed by atoms with Gasteiger partial charge in [-0.05, 0) is 30.3 Å². The predicted molar refractivity (Wildman–Crippen MR) is 82.9 cm³/mol. The third kappa shape index (κ3) is 3.79. The maximum absolute atomic E-state index is 13.0. The number of nitrogens with zero attached hydrogens (tertiary/aromatic N) is 1. The molecule has 1 aromatic carbocycles. The lowest BCUT2D eigenvalue weighted by Crippen LogP contribution is -2.16. The summed E-state index contributed by atoms with van der Waals surface area (Å²) in [6.07, 6.45) is -1.97. The van der Waals surface area contributed by atoms with Crippen LogP contribution in [0.25, 0.3) is 11.3 Å². The highest BCUT2D eigenvalue weighted by Crippen LogP contribution is 2.37. The largest absolute Gasteiger partial charge is 0.459 e. The maximum Gasteiger partial charge on any atom is 0.417 e. The first-order valence-corrected chi connectivity index (χ1v) is 7.08. The quantitative estimate of drug-likeness (QED) is 0.564. The molecule has 2 aromatic heterocycles. The van der Waals surface area contributed by atoms with Gasteiger partial charge < -0.3 is 8.83 Å². The average Bonchev–Trinajstić information content (AvgIpc) is 3.26. The van der Waals surface area contributed by atoms with Crippen LogP contribution in [0.2, 0.25) is 0 Å². The Morgan fingerprint density at radius 2 is 1.88 bits per heavy atom. The minimum Gasteiger partial charge on any atom is -0.459 e. The van der Waals surface area contributed by atoms with E-state index in [1.165, 1.54) is 48.9 Å². The minimum atomic E-state index is -4.49. The molecule has 0 bridgehead atoms. The van der Waals surface area contributed by atoms with Gasteiger partial charge in [-0.15, -0.1) is 0 Å². The maximum atomic E-state index is 13.0. The summed E-state index contributed by atoms with van der Waals surface area (Å²) in [5.74, 6) is -0.245. The molecule has 0 aliphatic carbocycles. The molecule has 0 radical (unpaired) electrons. The van der Waals surface area contributed by atoms with Crippen LogP contribution in [0.15, 0.2) is 68.7 Å². The number of amides is 1. The summed E-state index contributed by atoms with van der Waals surface area (Å²) in [5, 5.41) is 3.68. The Bertz CT molecular complexity index is 896. The minimum absolute atomic E-state index is 0.0479. The first-order valence-electron chi connectivity index (χ1n) is 7.08. The van der Waals surface area contributed by atoms with Gasteiger partial charge >= 0.3 is 12.1 Å². The van der Waals surface area contributed by atoms with Crippen LogP contribution in [0.1, 0.15) is 21.9 Å². The van der Waals surface area contributed by atoms with Gasteiger partial charge in [-0.1, -0.05) is 18.2 Å². The molecular weight excluding hydrogens is 337 g/mol. The zero-order chi connectivity index (χ0) is 17.9. The Morgan fingerprint density at radius 1 is 1.08 bits per heavy atom. The van der Waals surface area contributed by atoms with Crippen molar-refractivity contribution < 1.29 is 26.8 Å². The molecule has 0 unspecified atom stereocenters. The van der Waals surface area contributed by atoms with Crippen LogP contribution in [0.5, 0.6) is 0 Å². The molecule has 3 aromatic rings. The molecule has 0 fully saturated rings. The van der Waals surface area contributed by atoms with Crippen molar-refractivity contribution >= 4 is 12.1 Å². The van der Waals surface area contributed by atoms with Crippen molar-refractivity contribution in [2.45, 2.75) is 6.18 Å². The third-order valence-corrected chi connectivity index (χ3v) is 3.23. The Labute approximate surface area is 139 Å². The zero-order valence-electron chi connectivity index (χ0n) is 12.6. The van der Waals surface area contributed by atoms with E-state index in [9.17, 15) is 18.0 Å². The van der Waals surface area contributed by atoms with Crippen LogP contribution < -0.4 is 5.43 Å². The lowest BCUT2D eigenvalue weighted by molar-refractivity contribution is -0.137. The van der Waals surface area contributed by atoms with E-state index in [0.717, 1.165) is 6.07 Å². The second-order valence-corrected chi connectivity index (χ2v) is 4.92. The molecular formula is C17H11F3N2O3. The number of nitrogens with one attached hydrogen (secondary N) is 1. The van der Waals surface area contributed by atoms with Crippen LogP contribution >= 0.6 is 0 Å². The second kappa shape index (κ2) is 6.68. The highest BCUT2D eigenvalue weighted by Gasteiger charge is 2.34. The average molecular weight is 348 g/mol. The Hall–Kier alpha value is -3.29. The van der Waals surface area contributed by atoms with Crippen molar-refractivity contribution in [3.8, 4) is 11.3 Å². The molecule has 0 aliphatic rings. The van der Waals surface area contributed by atoms with Gasteiger partial charge in [0.05, 0.1) is 18.0 Å². The Kier molecular flexibility index (Phi) is 4.42. The van der Waals surface area contributed by atoms with E-state index >= 15 is 0 Å². The van der Waals surface area contributed by atoms with Crippen molar-refractivity contribution in [3.05, 3.63) is 71.9 Å². The van der Waals surface area contributed by atoms with E-state index in [-0.39, 0.29) is 22.8 Å². The molecule has 0 spiro atoms. The van der Waals surface area contributed by atoms with E-state index in [1.807, 2.05) is 0 Å². The number of benzene rings is 1. The number of furan rings is 2. The third-order valence-electron chi connectivity index (χ3n) is 3.23. The fourth-order valence-electron chi connectivity index (χ4n) is 2.13. The summed E-state index contributed by atoms with van der Waals surface area (Å²) in [6.45, 7) is 0. The molecule has 5 nitrogen and oxygen atoms in total. The van der Waals surface area contributed by atoms with Crippen molar-refractivity contribution in [2.75, 3.05) is 0 Å². The molecule has 1 N–H and O–H groups in total. The summed E-state index contributed by atoms with van der Waals surface area (Å²) < 4.78 is 49.4. The summed E-state index contributed by atoms with van der Waals surface area (Å²) in [6, 6.07) is 11.0. The van der Waals surface area contributed by atoms with E-state index in [2.05, 4.69) is 10.5 Å². The van der Waals surface area contributed by atoms with E-state index in [1.54, 1.807) is 6.07 Å². The predicted octanol–water partition coefficient (Wildman–Crippen LogP) is 4.32. The first-order chi connectivity index (χ1) is 11.9. The van der Waals surface area contributed by atoms with Crippen LogP contribution in [0.3, 0.4) is 0 Å². The molecule has 128 valence electrons. The van der Waals surface area contributed by atoms with Crippen molar-refractivity contribution in [1.29, 1.82) is 0 Å². The zero-order valence-corrected chi connectivity index (χ0v) is 12.6. The molecule has 25 heavy (non-hydrogen) atoms. The lowest BCUT2D eigenvalue weighted by Gasteiger charge is -2.10. The van der Waals surface area contributed by atoms with Crippen molar-refractivity contribution in [2.24, 2.45) is 5.10 Å². The standard InChI is InChI=1S/C17H11F3N2O3/c18-17(19,20)13-5-2-1-4-12(13)14-8-7-11(25-14)10-21-22-16(23)15-6-3-9-24-15/h1-10H,(H,22,23)/b21-10+. The highest BCUT2D eigenvalue weighted by atomic mass is 19.4.